The van der Waals surface area contributed by atoms with Crippen molar-refractivity contribution in [3.8, 4) is 0 Å². The van der Waals surface area contributed by atoms with Gasteiger partial charge in [-0.3, -0.25) is 0 Å². The van der Waals surface area contributed by atoms with Crippen LogP contribution in [0.15, 0.2) is 0 Å². The van der Waals surface area contributed by atoms with Crippen LogP contribution in [0.2, 0.25) is 0 Å². The van der Waals surface area contributed by atoms with Gasteiger partial charge in [0.1, 0.15) is 0 Å². The summed E-state index contributed by atoms with van der Waals surface area (Å²) in [6, 6.07) is 0. The molecule has 0 aromatic carbocycles. The number of hydrogen-bond donors (Lipinski definition) is 3. The largest absolute Gasteiger partial charge is 0.390 e. The SMILES string of the molecule is CC(C)(O)[C@H]1C[C@H]2[C@H](CCC[C@@]2(C)O)[C@](C)(O)C1. The van der Waals surface area contributed by atoms with Gasteiger partial charge in [0.05, 0.1) is 16.8 Å². The van der Waals surface area contributed by atoms with E-state index in [0.717, 1.165) is 25.7 Å². The predicted molar refractivity (Wildman–Crippen MR) is 71.1 cm³/mol. The first-order chi connectivity index (χ1) is 8.04. The van der Waals surface area contributed by atoms with Gasteiger partial charge < -0.3 is 15.3 Å². The molecule has 0 aromatic rings. The van der Waals surface area contributed by atoms with Crippen LogP contribution >= 0.6 is 0 Å². The molecule has 3 nitrogen and oxygen atoms in total. The maximum Gasteiger partial charge on any atom is 0.0655 e. The van der Waals surface area contributed by atoms with Gasteiger partial charge in [0.2, 0.25) is 0 Å². The Morgan fingerprint density at radius 2 is 1.67 bits per heavy atom. The van der Waals surface area contributed by atoms with E-state index in [4.69, 9.17) is 0 Å². The van der Waals surface area contributed by atoms with E-state index in [-0.39, 0.29) is 17.8 Å². The van der Waals surface area contributed by atoms with Crippen molar-refractivity contribution in [1.82, 2.24) is 0 Å². The third kappa shape index (κ3) is 2.45. The molecule has 18 heavy (non-hydrogen) atoms. The average Bonchev–Trinajstić information content (AvgIpc) is 2.16. The lowest BCUT2D eigenvalue weighted by molar-refractivity contribution is -0.182. The first-order valence-electron chi connectivity index (χ1n) is 7.21. The lowest BCUT2D eigenvalue weighted by Gasteiger charge is -2.55. The molecule has 0 amide bonds. The van der Waals surface area contributed by atoms with Crippen LogP contribution in [0.5, 0.6) is 0 Å². The minimum Gasteiger partial charge on any atom is -0.390 e. The maximum absolute atomic E-state index is 10.7. The molecule has 5 atom stereocenters. The van der Waals surface area contributed by atoms with Gasteiger partial charge in [0.25, 0.3) is 0 Å². The Morgan fingerprint density at radius 1 is 1.06 bits per heavy atom. The van der Waals surface area contributed by atoms with Crippen LogP contribution in [0.1, 0.15) is 59.8 Å². The summed E-state index contributed by atoms with van der Waals surface area (Å²) in [6.45, 7) is 7.40. The second-order valence-corrected chi connectivity index (χ2v) is 7.61. The predicted octanol–water partition coefficient (Wildman–Crippen LogP) is 2.09. The van der Waals surface area contributed by atoms with Gasteiger partial charge in [0.15, 0.2) is 0 Å². The van der Waals surface area contributed by atoms with Crippen LogP contribution < -0.4 is 0 Å². The van der Waals surface area contributed by atoms with E-state index in [1.54, 1.807) is 0 Å². The molecule has 0 aromatic heterocycles. The van der Waals surface area contributed by atoms with E-state index >= 15 is 0 Å². The van der Waals surface area contributed by atoms with Crippen molar-refractivity contribution in [3.63, 3.8) is 0 Å². The zero-order valence-electron chi connectivity index (χ0n) is 12.1. The molecular weight excluding hydrogens is 228 g/mol. The van der Waals surface area contributed by atoms with E-state index in [1.807, 2.05) is 27.7 Å². The van der Waals surface area contributed by atoms with Crippen LogP contribution in [0.4, 0.5) is 0 Å². The molecule has 2 rings (SSSR count). The van der Waals surface area contributed by atoms with Gasteiger partial charge in [0, 0.05) is 0 Å². The molecule has 3 N–H and O–H groups in total. The molecule has 0 spiro atoms. The van der Waals surface area contributed by atoms with Crippen molar-refractivity contribution in [2.75, 3.05) is 0 Å². The van der Waals surface area contributed by atoms with E-state index in [9.17, 15) is 15.3 Å². The Hall–Kier alpha value is -0.120. The second kappa shape index (κ2) is 4.19. The fraction of sp³-hybridized carbons (Fsp3) is 1.00. The number of fused-ring (bicyclic) bond motifs is 1. The third-order valence-corrected chi connectivity index (χ3v) is 5.48. The first-order valence-corrected chi connectivity index (χ1v) is 7.21. The van der Waals surface area contributed by atoms with Crippen LogP contribution in [0.3, 0.4) is 0 Å². The molecule has 0 aliphatic heterocycles. The van der Waals surface area contributed by atoms with E-state index < -0.39 is 16.8 Å². The molecule has 0 saturated heterocycles. The summed E-state index contributed by atoms with van der Waals surface area (Å²) in [5.74, 6) is 0.324. The summed E-state index contributed by atoms with van der Waals surface area (Å²) >= 11 is 0. The number of hydrogen-bond acceptors (Lipinski definition) is 3. The lowest BCUT2D eigenvalue weighted by Crippen LogP contribution is -2.58. The van der Waals surface area contributed by atoms with Gasteiger partial charge in [-0.1, -0.05) is 6.42 Å². The van der Waals surface area contributed by atoms with E-state index in [0.29, 0.717) is 6.42 Å². The summed E-state index contributed by atoms with van der Waals surface area (Å²) in [4.78, 5) is 0. The van der Waals surface area contributed by atoms with E-state index in [1.165, 1.54) is 0 Å². The topological polar surface area (TPSA) is 60.7 Å². The van der Waals surface area contributed by atoms with Crippen LogP contribution in [0.25, 0.3) is 0 Å². The summed E-state index contributed by atoms with van der Waals surface area (Å²) in [5.41, 5.74) is -2.25. The van der Waals surface area contributed by atoms with Crippen LogP contribution in [0, 0.1) is 17.8 Å². The molecule has 106 valence electrons. The standard InChI is InChI=1S/C15H28O3/c1-13(2,16)10-8-12-11(15(4,18)9-10)6-5-7-14(12,3)17/h10-12,16-18H,5-9H2,1-4H3/t10-,11-,12-,14+,15+/m0/s1. The van der Waals surface area contributed by atoms with Gasteiger partial charge in [-0.05, 0) is 71.1 Å². The van der Waals surface area contributed by atoms with Crippen LogP contribution in [-0.2, 0) is 0 Å². The highest BCUT2D eigenvalue weighted by atomic mass is 16.3. The zero-order valence-corrected chi connectivity index (χ0v) is 12.1. The molecular formula is C15H28O3. The van der Waals surface area contributed by atoms with Crippen LogP contribution in [-0.4, -0.2) is 32.1 Å². The molecule has 0 radical (unpaired) electrons. The molecule has 0 heterocycles. The Morgan fingerprint density at radius 3 is 2.22 bits per heavy atom. The summed E-state index contributed by atoms with van der Waals surface area (Å²) in [5, 5.41) is 31.5. The highest BCUT2D eigenvalue weighted by Crippen LogP contribution is 2.53. The molecule has 2 fully saturated rings. The van der Waals surface area contributed by atoms with Crippen molar-refractivity contribution < 1.29 is 15.3 Å². The van der Waals surface area contributed by atoms with Crippen molar-refractivity contribution in [2.45, 2.75) is 76.6 Å². The van der Waals surface area contributed by atoms with Crippen molar-refractivity contribution in [1.29, 1.82) is 0 Å². The molecule has 3 heteroatoms. The third-order valence-electron chi connectivity index (χ3n) is 5.48. The van der Waals surface area contributed by atoms with Gasteiger partial charge in [-0.2, -0.15) is 0 Å². The summed E-state index contributed by atoms with van der Waals surface area (Å²) in [7, 11) is 0. The van der Waals surface area contributed by atoms with Gasteiger partial charge in [-0.25, -0.2) is 0 Å². The Bertz CT molecular complexity index is 314. The van der Waals surface area contributed by atoms with Gasteiger partial charge in [-0.15, -0.1) is 0 Å². The highest BCUT2D eigenvalue weighted by Gasteiger charge is 2.54. The van der Waals surface area contributed by atoms with Crippen molar-refractivity contribution >= 4 is 0 Å². The quantitative estimate of drug-likeness (QED) is 0.673. The fourth-order valence-corrected chi connectivity index (χ4v) is 4.24. The van der Waals surface area contributed by atoms with Gasteiger partial charge >= 0.3 is 0 Å². The smallest absolute Gasteiger partial charge is 0.0655 e. The van der Waals surface area contributed by atoms with E-state index in [2.05, 4.69) is 0 Å². The summed E-state index contributed by atoms with van der Waals surface area (Å²) < 4.78 is 0. The second-order valence-electron chi connectivity index (χ2n) is 7.61. The Balaban J connectivity index is 2.29. The minimum atomic E-state index is -0.789. The summed E-state index contributed by atoms with van der Waals surface area (Å²) in [6.07, 6.45) is 4.23. The highest BCUT2D eigenvalue weighted by molar-refractivity contribution is 5.05. The van der Waals surface area contributed by atoms with Crippen molar-refractivity contribution in [2.24, 2.45) is 17.8 Å². The monoisotopic (exact) mass is 256 g/mol. The molecule has 0 unspecified atom stereocenters. The maximum atomic E-state index is 10.7. The number of aliphatic hydroxyl groups is 3. The molecule has 2 saturated carbocycles. The Kier molecular flexibility index (Phi) is 3.33. The molecule has 0 bridgehead atoms. The number of rotatable bonds is 1. The minimum absolute atomic E-state index is 0.0540. The van der Waals surface area contributed by atoms with Crippen molar-refractivity contribution in [3.05, 3.63) is 0 Å². The average molecular weight is 256 g/mol. The molecule has 2 aliphatic carbocycles. The lowest BCUT2D eigenvalue weighted by atomic mass is 9.54. The Labute approximate surface area is 110 Å². The first kappa shape index (κ1) is 14.3. The fourth-order valence-electron chi connectivity index (χ4n) is 4.24. The zero-order chi connectivity index (χ0) is 13.8. The normalized spacial score (nSPS) is 49.8. The molecule has 2 aliphatic rings.